The Labute approximate surface area is 118 Å². The second kappa shape index (κ2) is 4.69. The zero-order valence-corrected chi connectivity index (χ0v) is 13.4. The lowest BCUT2D eigenvalue weighted by Gasteiger charge is -2.28. The summed E-state index contributed by atoms with van der Waals surface area (Å²) >= 11 is 3.20. The maximum absolute atomic E-state index is 14.0. The highest BCUT2D eigenvalue weighted by molar-refractivity contribution is 9.10. The van der Waals surface area contributed by atoms with Crippen molar-refractivity contribution in [3.63, 3.8) is 0 Å². The molecular weight excluding hydrogens is 317 g/mol. The molecule has 1 aliphatic heterocycles. The molecule has 0 saturated heterocycles. The molecule has 1 aromatic carbocycles. The van der Waals surface area contributed by atoms with Gasteiger partial charge in [0.15, 0.2) is 0 Å². The highest BCUT2D eigenvalue weighted by Crippen LogP contribution is 2.39. The zero-order valence-electron chi connectivity index (χ0n) is 11.0. The number of hydrogen-bond acceptors (Lipinski definition) is 1. The van der Waals surface area contributed by atoms with Crippen molar-refractivity contribution >= 4 is 26.9 Å². The van der Waals surface area contributed by atoms with E-state index < -0.39 is 11.0 Å². The van der Waals surface area contributed by atoms with Crippen molar-refractivity contribution in [3.8, 4) is 0 Å². The van der Waals surface area contributed by atoms with Crippen molar-refractivity contribution in [1.29, 1.82) is 0 Å². The minimum absolute atomic E-state index is 0.0114. The van der Waals surface area contributed by atoms with Crippen LogP contribution < -0.4 is 0 Å². The summed E-state index contributed by atoms with van der Waals surface area (Å²) in [5.41, 5.74) is 1.60. The van der Waals surface area contributed by atoms with E-state index in [0.717, 1.165) is 5.56 Å². The first kappa shape index (κ1) is 14.2. The summed E-state index contributed by atoms with van der Waals surface area (Å²) < 4.78 is 28.5. The molecule has 0 radical (unpaired) electrons. The zero-order chi connectivity index (χ0) is 13.7. The van der Waals surface area contributed by atoms with Crippen LogP contribution in [0.15, 0.2) is 16.6 Å². The SMILES string of the molecule is C[C@@H]1c2ccc(Br)c(F)c2CN1[S@](=O)C(C)(C)C. The van der Waals surface area contributed by atoms with Gasteiger partial charge < -0.3 is 0 Å². The number of nitrogens with zero attached hydrogens (tertiary/aromatic N) is 1. The van der Waals surface area contributed by atoms with E-state index in [1.54, 1.807) is 6.07 Å². The van der Waals surface area contributed by atoms with Gasteiger partial charge in [-0.2, -0.15) is 0 Å². The minimum atomic E-state index is -1.13. The van der Waals surface area contributed by atoms with Crippen LogP contribution in [0.3, 0.4) is 0 Å². The quantitative estimate of drug-likeness (QED) is 0.762. The van der Waals surface area contributed by atoms with Crippen molar-refractivity contribution in [3.05, 3.63) is 33.5 Å². The average Bonchev–Trinajstić information content (AvgIpc) is 2.60. The number of hydrogen-bond donors (Lipinski definition) is 0. The summed E-state index contributed by atoms with van der Waals surface area (Å²) in [4.78, 5) is 0. The molecule has 0 spiro atoms. The second-order valence-electron chi connectivity index (χ2n) is 5.54. The maximum Gasteiger partial charge on any atom is 0.142 e. The van der Waals surface area contributed by atoms with E-state index in [0.29, 0.717) is 16.6 Å². The van der Waals surface area contributed by atoms with Gasteiger partial charge >= 0.3 is 0 Å². The van der Waals surface area contributed by atoms with Crippen LogP contribution in [0.5, 0.6) is 0 Å². The normalized spacial score (nSPS) is 22.0. The Bertz CT molecular complexity index is 512. The topological polar surface area (TPSA) is 20.3 Å². The Kier molecular flexibility index (Phi) is 3.69. The predicted octanol–water partition coefficient (Wildman–Crippen LogP) is 3.93. The molecule has 0 fully saturated rings. The summed E-state index contributed by atoms with van der Waals surface area (Å²) in [5.74, 6) is -0.229. The van der Waals surface area contributed by atoms with Crippen LogP contribution in [0.4, 0.5) is 4.39 Å². The molecule has 0 bridgehead atoms. The first-order chi connectivity index (χ1) is 8.23. The highest BCUT2D eigenvalue weighted by atomic mass is 79.9. The molecule has 0 aromatic heterocycles. The largest absolute Gasteiger partial charge is 0.242 e. The summed E-state index contributed by atoms with van der Waals surface area (Å²) in [6.45, 7) is 8.19. The van der Waals surface area contributed by atoms with Crippen LogP contribution >= 0.6 is 15.9 Å². The summed E-state index contributed by atoms with van der Waals surface area (Å²) in [5, 5.41) is 0. The summed E-state index contributed by atoms with van der Waals surface area (Å²) in [7, 11) is -1.13. The van der Waals surface area contributed by atoms with E-state index in [9.17, 15) is 8.60 Å². The van der Waals surface area contributed by atoms with Gasteiger partial charge in [0.2, 0.25) is 0 Å². The molecule has 100 valence electrons. The van der Waals surface area contributed by atoms with Crippen LogP contribution in [-0.2, 0) is 17.5 Å². The highest BCUT2D eigenvalue weighted by Gasteiger charge is 2.37. The predicted molar refractivity (Wildman–Crippen MR) is 76.0 cm³/mol. The van der Waals surface area contributed by atoms with Crippen molar-refractivity contribution in [1.82, 2.24) is 4.31 Å². The molecular formula is C13H17BrFNOS. The molecule has 1 aromatic rings. The third-order valence-electron chi connectivity index (χ3n) is 3.17. The summed E-state index contributed by atoms with van der Waals surface area (Å²) in [6, 6.07) is 3.61. The van der Waals surface area contributed by atoms with Crippen LogP contribution in [0.2, 0.25) is 0 Å². The molecule has 2 atom stereocenters. The van der Waals surface area contributed by atoms with Gasteiger partial charge in [0.25, 0.3) is 0 Å². The third kappa shape index (κ3) is 2.28. The molecule has 2 rings (SSSR count). The Morgan fingerprint density at radius 2 is 2.06 bits per heavy atom. The van der Waals surface area contributed by atoms with E-state index in [2.05, 4.69) is 15.9 Å². The van der Waals surface area contributed by atoms with Crippen LogP contribution in [0, 0.1) is 5.82 Å². The molecule has 2 nitrogen and oxygen atoms in total. The molecule has 0 saturated carbocycles. The number of benzene rings is 1. The Hall–Kier alpha value is -0.260. The first-order valence-corrected chi connectivity index (χ1v) is 7.79. The van der Waals surface area contributed by atoms with Gasteiger partial charge in [-0.3, -0.25) is 0 Å². The van der Waals surface area contributed by atoms with Gasteiger partial charge in [-0.25, -0.2) is 12.9 Å². The van der Waals surface area contributed by atoms with Crippen LogP contribution in [-0.4, -0.2) is 13.3 Å². The van der Waals surface area contributed by atoms with Crippen molar-refractivity contribution in [2.24, 2.45) is 0 Å². The molecule has 0 aliphatic carbocycles. The van der Waals surface area contributed by atoms with E-state index in [4.69, 9.17) is 0 Å². The molecule has 1 aliphatic rings. The lowest BCUT2D eigenvalue weighted by molar-refractivity contribution is 0.385. The van der Waals surface area contributed by atoms with Crippen molar-refractivity contribution < 1.29 is 8.60 Å². The fraction of sp³-hybridized carbons (Fsp3) is 0.538. The Morgan fingerprint density at radius 3 is 2.61 bits per heavy atom. The third-order valence-corrected chi connectivity index (χ3v) is 5.70. The van der Waals surface area contributed by atoms with E-state index in [-0.39, 0.29) is 16.6 Å². The lowest BCUT2D eigenvalue weighted by Crippen LogP contribution is -2.35. The number of rotatable bonds is 1. The van der Waals surface area contributed by atoms with E-state index >= 15 is 0 Å². The fourth-order valence-electron chi connectivity index (χ4n) is 2.16. The molecule has 5 heteroatoms. The van der Waals surface area contributed by atoms with Crippen LogP contribution in [0.1, 0.15) is 44.9 Å². The molecule has 0 N–H and O–H groups in total. The van der Waals surface area contributed by atoms with Gasteiger partial charge in [-0.15, -0.1) is 0 Å². The monoisotopic (exact) mass is 333 g/mol. The number of halogens is 2. The average molecular weight is 334 g/mol. The van der Waals surface area contributed by atoms with Gasteiger partial charge in [-0.1, -0.05) is 6.07 Å². The molecule has 0 unspecified atom stereocenters. The molecule has 0 amide bonds. The fourth-order valence-corrected chi connectivity index (χ4v) is 3.88. The minimum Gasteiger partial charge on any atom is -0.242 e. The number of fused-ring (bicyclic) bond motifs is 1. The van der Waals surface area contributed by atoms with Crippen molar-refractivity contribution in [2.45, 2.75) is 45.0 Å². The lowest BCUT2D eigenvalue weighted by atomic mass is 10.1. The van der Waals surface area contributed by atoms with Crippen molar-refractivity contribution in [2.75, 3.05) is 0 Å². The smallest absolute Gasteiger partial charge is 0.142 e. The Morgan fingerprint density at radius 1 is 1.44 bits per heavy atom. The Balaban J connectivity index is 2.39. The van der Waals surface area contributed by atoms with E-state index in [1.807, 2.05) is 38.1 Å². The standard InChI is InChI=1S/C13H17BrFNOS/c1-8-9-5-6-11(14)12(15)10(9)7-16(8)18(17)13(2,3)4/h5-6,8H,7H2,1-4H3/t8-,18-/m1/s1. The van der Waals surface area contributed by atoms with Gasteiger partial charge in [-0.05, 0) is 55.3 Å². The molecule has 18 heavy (non-hydrogen) atoms. The van der Waals surface area contributed by atoms with Crippen LogP contribution in [0.25, 0.3) is 0 Å². The molecule has 1 heterocycles. The first-order valence-electron chi connectivity index (χ1n) is 5.89. The van der Waals surface area contributed by atoms with Gasteiger partial charge in [0, 0.05) is 18.2 Å². The maximum atomic E-state index is 14.0. The summed E-state index contributed by atoms with van der Waals surface area (Å²) in [6.07, 6.45) is 0. The second-order valence-corrected chi connectivity index (χ2v) is 8.59. The van der Waals surface area contributed by atoms with Gasteiger partial charge in [0.05, 0.1) is 9.22 Å². The van der Waals surface area contributed by atoms with Gasteiger partial charge in [0.1, 0.15) is 16.8 Å². The van der Waals surface area contributed by atoms with E-state index in [1.165, 1.54) is 0 Å².